The predicted octanol–water partition coefficient (Wildman–Crippen LogP) is 2.66. The second kappa shape index (κ2) is 11.1. The standard InChI is InChI=1S/C27H35N5O3/c1-2-11-31-12-9-27(19-28,10-13-31)30-25(33)23(24-18-35-15-14-32(24)26(29)34)17-20-7-8-21-5-3-4-6-22(21)16-20/h3-8,16,23-24H,2,9-15,17-18H2,1H3,(H2,29,34)(H,30,33). The van der Waals surface area contributed by atoms with Crippen LogP contribution in [0.15, 0.2) is 42.5 Å². The van der Waals surface area contributed by atoms with E-state index >= 15 is 0 Å². The van der Waals surface area contributed by atoms with E-state index in [1.807, 2.05) is 30.3 Å². The Labute approximate surface area is 207 Å². The number of amides is 3. The summed E-state index contributed by atoms with van der Waals surface area (Å²) in [4.78, 5) is 29.9. The minimum absolute atomic E-state index is 0.231. The summed E-state index contributed by atoms with van der Waals surface area (Å²) in [5.41, 5.74) is 5.77. The number of hydrogen-bond acceptors (Lipinski definition) is 5. The summed E-state index contributed by atoms with van der Waals surface area (Å²) >= 11 is 0. The van der Waals surface area contributed by atoms with Crippen molar-refractivity contribution in [1.82, 2.24) is 15.1 Å². The van der Waals surface area contributed by atoms with Crippen LogP contribution in [0, 0.1) is 17.2 Å². The van der Waals surface area contributed by atoms with Gasteiger partial charge < -0.3 is 25.6 Å². The summed E-state index contributed by atoms with van der Waals surface area (Å²) in [6.07, 6.45) is 2.64. The van der Waals surface area contributed by atoms with Crippen molar-refractivity contribution >= 4 is 22.7 Å². The number of carbonyl (C=O) groups is 2. The van der Waals surface area contributed by atoms with Gasteiger partial charge in [-0.15, -0.1) is 0 Å². The normalized spacial score (nSPS) is 21.3. The summed E-state index contributed by atoms with van der Waals surface area (Å²) in [5, 5.41) is 15.4. The zero-order valence-electron chi connectivity index (χ0n) is 20.4. The lowest BCUT2D eigenvalue weighted by atomic mass is 9.85. The molecule has 0 bridgehead atoms. The van der Waals surface area contributed by atoms with Crippen molar-refractivity contribution in [3.8, 4) is 6.07 Å². The average Bonchev–Trinajstić information content (AvgIpc) is 2.88. The lowest BCUT2D eigenvalue weighted by molar-refractivity contribution is -0.131. The van der Waals surface area contributed by atoms with Crippen molar-refractivity contribution in [2.75, 3.05) is 39.4 Å². The van der Waals surface area contributed by atoms with Crippen LogP contribution in [-0.4, -0.2) is 72.7 Å². The minimum Gasteiger partial charge on any atom is -0.377 e. The zero-order chi connectivity index (χ0) is 24.8. The van der Waals surface area contributed by atoms with Gasteiger partial charge in [-0.05, 0) is 48.6 Å². The second-order valence-electron chi connectivity index (χ2n) is 9.69. The molecule has 2 atom stereocenters. The van der Waals surface area contributed by atoms with E-state index in [1.165, 1.54) is 4.90 Å². The molecule has 4 rings (SSSR count). The number of urea groups is 1. The largest absolute Gasteiger partial charge is 0.377 e. The topological polar surface area (TPSA) is 112 Å². The molecule has 2 fully saturated rings. The van der Waals surface area contributed by atoms with Gasteiger partial charge in [0, 0.05) is 19.6 Å². The highest BCUT2D eigenvalue weighted by Crippen LogP contribution is 2.27. The van der Waals surface area contributed by atoms with Crippen LogP contribution in [0.4, 0.5) is 4.79 Å². The van der Waals surface area contributed by atoms with Crippen molar-refractivity contribution in [2.45, 2.75) is 44.2 Å². The lowest BCUT2D eigenvalue weighted by Gasteiger charge is -2.41. The molecule has 0 radical (unpaired) electrons. The van der Waals surface area contributed by atoms with Crippen molar-refractivity contribution in [2.24, 2.45) is 11.7 Å². The van der Waals surface area contributed by atoms with Gasteiger partial charge >= 0.3 is 6.03 Å². The number of hydrogen-bond donors (Lipinski definition) is 2. The molecular weight excluding hydrogens is 442 g/mol. The number of piperidine rings is 1. The van der Waals surface area contributed by atoms with Crippen molar-refractivity contribution in [3.05, 3.63) is 48.0 Å². The van der Waals surface area contributed by atoms with Gasteiger partial charge in [-0.25, -0.2) is 4.79 Å². The Morgan fingerprint density at radius 2 is 1.94 bits per heavy atom. The molecule has 2 unspecified atom stereocenters. The number of ether oxygens (including phenoxy) is 1. The first kappa shape index (κ1) is 25.0. The van der Waals surface area contributed by atoms with Crippen LogP contribution in [0.5, 0.6) is 0 Å². The van der Waals surface area contributed by atoms with Gasteiger partial charge in [0.2, 0.25) is 5.91 Å². The average molecular weight is 478 g/mol. The number of fused-ring (bicyclic) bond motifs is 1. The summed E-state index contributed by atoms with van der Waals surface area (Å²) in [6.45, 7) is 5.65. The molecule has 8 heteroatoms. The van der Waals surface area contributed by atoms with Gasteiger partial charge in [0.05, 0.1) is 31.2 Å². The van der Waals surface area contributed by atoms with E-state index in [0.717, 1.165) is 42.4 Å². The van der Waals surface area contributed by atoms with Gasteiger partial charge in [0.15, 0.2) is 0 Å². The molecule has 186 valence electrons. The highest BCUT2D eigenvalue weighted by molar-refractivity contribution is 5.84. The Balaban J connectivity index is 1.59. The number of carbonyl (C=O) groups excluding carboxylic acids is 2. The van der Waals surface area contributed by atoms with E-state index in [4.69, 9.17) is 10.5 Å². The van der Waals surface area contributed by atoms with Crippen LogP contribution >= 0.6 is 0 Å². The SMILES string of the molecule is CCCN1CCC(C#N)(NC(=O)C(Cc2ccc3ccccc3c2)C2COCCN2C(N)=O)CC1. The van der Waals surface area contributed by atoms with E-state index in [1.54, 1.807) is 0 Å². The monoisotopic (exact) mass is 477 g/mol. The third-order valence-corrected chi connectivity index (χ3v) is 7.35. The zero-order valence-corrected chi connectivity index (χ0v) is 20.4. The first-order valence-electron chi connectivity index (χ1n) is 12.5. The van der Waals surface area contributed by atoms with E-state index in [0.29, 0.717) is 32.4 Å². The Morgan fingerprint density at radius 3 is 2.63 bits per heavy atom. The fraction of sp³-hybridized carbons (Fsp3) is 0.519. The van der Waals surface area contributed by atoms with Crippen molar-refractivity contribution < 1.29 is 14.3 Å². The van der Waals surface area contributed by atoms with Crippen LogP contribution in [-0.2, 0) is 16.0 Å². The molecule has 2 saturated heterocycles. The molecule has 3 N–H and O–H groups in total. The van der Waals surface area contributed by atoms with Gasteiger partial charge in [-0.3, -0.25) is 4.79 Å². The molecule has 0 aliphatic carbocycles. The Morgan fingerprint density at radius 1 is 1.20 bits per heavy atom. The molecule has 2 heterocycles. The first-order chi connectivity index (χ1) is 16.9. The number of likely N-dealkylation sites (tertiary alicyclic amines) is 1. The molecule has 35 heavy (non-hydrogen) atoms. The smallest absolute Gasteiger partial charge is 0.315 e. The predicted molar refractivity (Wildman–Crippen MR) is 134 cm³/mol. The van der Waals surface area contributed by atoms with Crippen molar-refractivity contribution in [1.29, 1.82) is 5.26 Å². The number of benzene rings is 2. The van der Waals surface area contributed by atoms with Gasteiger partial charge in [0.1, 0.15) is 5.54 Å². The third kappa shape index (κ3) is 5.75. The maximum Gasteiger partial charge on any atom is 0.315 e. The minimum atomic E-state index is -0.907. The van der Waals surface area contributed by atoms with E-state index < -0.39 is 23.5 Å². The van der Waals surface area contributed by atoms with E-state index in [9.17, 15) is 14.9 Å². The molecule has 0 saturated carbocycles. The number of nitrogens with zero attached hydrogens (tertiary/aromatic N) is 3. The van der Waals surface area contributed by atoms with Crippen LogP contribution in [0.25, 0.3) is 10.8 Å². The highest BCUT2D eigenvalue weighted by Gasteiger charge is 2.42. The number of nitrogens with two attached hydrogens (primary N) is 1. The second-order valence-corrected chi connectivity index (χ2v) is 9.69. The summed E-state index contributed by atoms with van der Waals surface area (Å²) in [7, 11) is 0. The fourth-order valence-electron chi connectivity index (χ4n) is 5.32. The number of nitriles is 1. The Kier molecular flexibility index (Phi) is 7.89. The maximum absolute atomic E-state index is 13.8. The highest BCUT2D eigenvalue weighted by atomic mass is 16.5. The van der Waals surface area contributed by atoms with Crippen LogP contribution < -0.4 is 11.1 Å². The van der Waals surface area contributed by atoms with E-state index in [2.05, 4.69) is 35.3 Å². The summed E-state index contributed by atoms with van der Waals surface area (Å²) in [5.74, 6) is -0.826. The van der Waals surface area contributed by atoms with Crippen LogP contribution in [0.2, 0.25) is 0 Å². The number of rotatable bonds is 7. The number of morpholine rings is 1. The molecule has 0 aromatic heterocycles. The van der Waals surface area contributed by atoms with E-state index in [-0.39, 0.29) is 12.5 Å². The van der Waals surface area contributed by atoms with Gasteiger partial charge in [-0.2, -0.15) is 5.26 Å². The number of primary amides is 1. The maximum atomic E-state index is 13.8. The van der Waals surface area contributed by atoms with Crippen LogP contribution in [0.3, 0.4) is 0 Å². The molecule has 2 aromatic rings. The number of nitrogens with one attached hydrogen (secondary N) is 1. The lowest BCUT2D eigenvalue weighted by Crippen LogP contribution is -2.61. The van der Waals surface area contributed by atoms with Gasteiger partial charge in [0.25, 0.3) is 0 Å². The van der Waals surface area contributed by atoms with Gasteiger partial charge in [-0.1, -0.05) is 49.4 Å². The quantitative estimate of drug-likeness (QED) is 0.637. The molecule has 8 nitrogen and oxygen atoms in total. The molecule has 2 aliphatic heterocycles. The molecule has 0 spiro atoms. The van der Waals surface area contributed by atoms with Crippen molar-refractivity contribution in [3.63, 3.8) is 0 Å². The fourth-order valence-corrected chi connectivity index (χ4v) is 5.32. The Hall–Kier alpha value is -3.15. The molecule has 2 aromatic carbocycles. The molecule has 3 amide bonds. The molecular formula is C27H35N5O3. The Bertz CT molecular complexity index is 1090. The van der Waals surface area contributed by atoms with Crippen LogP contribution in [0.1, 0.15) is 31.7 Å². The summed E-state index contributed by atoms with van der Waals surface area (Å²) < 4.78 is 5.68. The first-order valence-corrected chi connectivity index (χ1v) is 12.5. The third-order valence-electron chi connectivity index (χ3n) is 7.35. The molecule has 2 aliphatic rings. The summed E-state index contributed by atoms with van der Waals surface area (Å²) in [6, 6.07) is 15.6.